The largest absolute Gasteiger partial charge is 0.497 e. The van der Waals surface area contributed by atoms with Crippen molar-refractivity contribution >= 4 is 10.0 Å². The van der Waals surface area contributed by atoms with Crippen LogP contribution < -0.4 is 9.46 Å². The van der Waals surface area contributed by atoms with Crippen LogP contribution in [0.1, 0.15) is 5.82 Å². The molecule has 118 valence electrons. The average molecular weight is 323 g/mol. The number of rotatable bonds is 5. The summed E-state index contributed by atoms with van der Waals surface area (Å²) in [6.07, 6.45) is 3.36. The van der Waals surface area contributed by atoms with Crippen molar-refractivity contribution in [3.63, 3.8) is 0 Å². The lowest BCUT2D eigenvalue weighted by atomic mass is 10.3. The van der Waals surface area contributed by atoms with Crippen LogP contribution in [0.4, 0.5) is 0 Å². The highest BCUT2D eigenvalue weighted by Gasteiger charge is 2.22. The summed E-state index contributed by atoms with van der Waals surface area (Å²) in [7, 11) is -2.02. The van der Waals surface area contributed by atoms with Gasteiger partial charge in [-0.2, -0.15) is 0 Å². The maximum atomic E-state index is 12.2. The maximum absolute atomic E-state index is 12.2. The zero-order chi connectivity index (χ0) is 15.6. The van der Waals surface area contributed by atoms with Gasteiger partial charge in [-0.1, -0.05) is 0 Å². The van der Waals surface area contributed by atoms with Crippen molar-refractivity contribution in [1.82, 2.24) is 14.3 Å². The molecule has 0 amide bonds. The molecule has 3 rings (SSSR count). The third kappa shape index (κ3) is 3.13. The average Bonchev–Trinajstić information content (AvgIpc) is 3.01. The summed E-state index contributed by atoms with van der Waals surface area (Å²) in [5.74, 6) is 1.47. The number of nitrogens with one attached hydrogen (secondary N) is 1. The van der Waals surface area contributed by atoms with Crippen molar-refractivity contribution < 1.29 is 17.9 Å². The Hall–Kier alpha value is -1.90. The maximum Gasteiger partial charge on any atom is 0.240 e. The summed E-state index contributed by atoms with van der Waals surface area (Å²) < 4.78 is 39.7. The number of hydrogen-bond acceptors (Lipinski definition) is 5. The van der Waals surface area contributed by atoms with Crippen molar-refractivity contribution in [3.8, 4) is 5.75 Å². The van der Waals surface area contributed by atoms with E-state index in [1.165, 1.54) is 19.2 Å². The van der Waals surface area contributed by atoms with E-state index in [9.17, 15) is 8.42 Å². The molecule has 0 fully saturated rings. The number of ether oxygens (including phenoxy) is 2. The highest BCUT2D eigenvalue weighted by atomic mass is 32.2. The Morgan fingerprint density at radius 3 is 2.91 bits per heavy atom. The predicted octanol–water partition coefficient (Wildman–Crippen LogP) is 0.769. The van der Waals surface area contributed by atoms with E-state index in [0.29, 0.717) is 18.9 Å². The number of sulfonamides is 1. The lowest BCUT2D eigenvalue weighted by Crippen LogP contribution is -2.38. The van der Waals surface area contributed by atoms with E-state index in [1.54, 1.807) is 18.3 Å². The molecule has 1 N–H and O–H groups in total. The molecule has 0 saturated heterocycles. The predicted molar refractivity (Wildman–Crippen MR) is 79.0 cm³/mol. The fraction of sp³-hybridized carbons (Fsp3) is 0.357. The highest BCUT2D eigenvalue weighted by molar-refractivity contribution is 7.89. The number of imidazole rings is 1. The second-order valence-corrected chi connectivity index (χ2v) is 6.72. The molecule has 0 unspecified atom stereocenters. The summed E-state index contributed by atoms with van der Waals surface area (Å²) in [5.41, 5.74) is 0. The van der Waals surface area contributed by atoms with Crippen molar-refractivity contribution in [2.45, 2.75) is 24.2 Å². The second-order valence-electron chi connectivity index (χ2n) is 4.96. The van der Waals surface area contributed by atoms with E-state index in [4.69, 9.17) is 9.47 Å². The molecular formula is C14H17N3O4S. The van der Waals surface area contributed by atoms with Gasteiger partial charge in [-0.25, -0.2) is 18.1 Å². The first-order valence-electron chi connectivity index (χ1n) is 6.84. The molecular weight excluding hydrogens is 306 g/mol. The van der Waals surface area contributed by atoms with Gasteiger partial charge in [-0.15, -0.1) is 0 Å². The van der Waals surface area contributed by atoms with Gasteiger partial charge in [0.1, 0.15) is 18.2 Å². The highest BCUT2D eigenvalue weighted by Crippen LogP contribution is 2.16. The van der Waals surface area contributed by atoms with Crippen LogP contribution in [-0.4, -0.2) is 37.7 Å². The van der Waals surface area contributed by atoms with Gasteiger partial charge in [-0.3, -0.25) is 0 Å². The Bertz CT molecular complexity index is 740. The topological polar surface area (TPSA) is 82.5 Å². The van der Waals surface area contributed by atoms with Gasteiger partial charge < -0.3 is 14.0 Å². The molecule has 22 heavy (non-hydrogen) atoms. The summed E-state index contributed by atoms with van der Waals surface area (Å²) in [6.45, 7) is 1.19. The zero-order valence-electron chi connectivity index (χ0n) is 12.1. The van der Waals surface area contributed by atoms with Gasteiger partial charge in [0, 0.05) is 18.9 Å². The molecule has 1 aromatic carbocycles. The molecule has 7 nitrogen and oxygen atoms in total. The van der Waals surface area contributed by atoms with Crippen LogP contribution >= 0.6 is 0 Å². The summed E-state index contributed by atoms with van der Waals surface area (Å²) in [6, 6.07) is 6.25. The molecule has 1 aliphatic rings. The number of fused-ring (bicyclic) bond motifs is 1. The standard InChI is InChI=1S/C14H17N3O4S/c1-20-11-2-4-13(5-3-11)22(18,19)16-8-12-9-17-7-6-15-14(17)10-21-12/h2-7,12,16H,8-10H2,1H3/t12-/m0/s1. The first kappa shape index (κ1) is 15.0. The van der Waals surface area contributed by atoms with Crippen LogP contribution in [0.2, 0.25) is 0 Å². The van der Waals surface area contributed by atoms with Crippen LogP contribution in [0, 0.1) is 0 Å². The fourth-order valence-electron chi connectivity index (χ4n) is 2.28. The zero-order valence-corrected chi connectivity index (χ0v) is 12.9. The minimum atomic E-state index is -3.56. The Morgan fingerprint density at radius 1 is 1.41 bits per heavy atom. The van der Waals surface area contributed by atoms with E-state index in [0.717, 1.165) is 5.82 Å². The third-order valence-electron chi connectivity index (χ3n) is 3.52. The molecule has 0 saturated carbocycles. The second kappa shape index (κ2) is 6.07. The first-order valence-corrected chi connectivity index (χ1v) is 8.32. The lowest BCUT2D eigenvalue weighted by Gasteiger charge is -2.24. The van der Waals surface area contributed by atoms with E-state index in [2.05, 4.69) is 9.71 Å². The van der Waals surface area contributed by atoms with Crippen molar-refractivity contribution in [2.75, 3.05) is 13.7 Å². The molecule has 0 spiro atoms. The van der Waals surface area contributed by atoms with Gasteiger partial charge in [-0.05, 0) is 24.3 Å². The molecule has 1 aromatic heterocycles. The van der Waals surface area contributed by atoms with E-state index >= 15 is 0 Å². The van der Waals surface area contributed by atoms with Crippen LogP contribution in [0.25, 0.3) is 0 Å². The SMILES string of the molecule is COc1ccc(S(=O)(=O)NC[C@H]2Cn3ccnc3CO2)cc1. The molecule has 0 aliphatic carbocycles. The molecule has 2 heterocycles. The molecule has 1 atom stereocenters. The monoisotopic (exact) mass is 323 g/mol. The van der Waals surface area contributed by atoms with Gasteiger partial charge in [0.05, 0.1) is 24.7 Å². The Kier molecular flexibility index (Phi) is 4.14. The fourth-order valence-corrected chi connectivity index (χ4v) is 3.34. The van der Waals surface area contributed by atoms with Crippen molar-refractivity contribution in [1.29, 1.82) is 0 Å². The number of hydrogen-bond donors (Lipinski definition) is 1. The minimum absolute atomic E-state index is 0.201. The molecule has 1 aliphatic heterocycles. The molecule has 2 aromatic rings. The number of aromatic nitrogens is 2. The van der Waals surface area contributed by atoms with Crippen molar-refractivity contribution in [2.24, 2.45) is 0 Å². The molecule has 8 heteroatoms. The van der Waals surface area contributed by atoms with Crippen LogP contribution in [0.3, 0.4) is 0 Å². The van der Waals surface area contributed by atoms with Gasteiger partial charge in [0.2, 0.25) is 10.0 Å². The third-order valence-corrected chi connectivity index (χ3v) is 4.96. The quantitative estimate of drug-likeness (QED) is 0.879. The van der Waals surface area contributed by atoms with Crippen molar-refractivity contribution in [3.05, 3.63) is 42.5 Å². The van der Waals surface area contributed by atoms with E-state index in [1.807, 2.05) is 10.8 Å². The Morgan fingerprint density at radius 2 is 2.18 bits per heavy atom. The van der Waals surface area contributed by atoms with Gasteiger partial charge >= 0.3 is 0 Å². The Labute approximate surface area is 128 Å². The van der Waals surface area contributed by atoms with Crippen LogP contribution in [0.5, 0.6) is 5.75 Å². The lowest BCUT2D eigenvalue weighted by molar-refractivity contribution is 0.00586. The summed E-state index contributed by atoms with van der Waals surface area (Å²) in [4.78, 5) is 4.35. The van der Waals surface area contributed by atoms with Gasteiger partial charge in [0.15, 0.2) is 0 Å². The number of nitrogens with zero attached hydrogens (tertiary/aromatic N) is 2. The molecule has 0 bridgehead atoms. The summed E-state index contributed by atoms with van der Waals surface area (Å²) in [5, 5.41) is 0. The minimum Gasteiger partial charge on any atom is -0.497 e. The number of benzene rings is 1. The Balaban J connectivity index is 1.63. The molecule has 0 radical (unpaired) electrons. The smallest absolute Gasteiger partial charge is 0.240 e. The van der Waals surface area contributed by atoms with Gasteiger partial charge in [0.25, 0.3) is 0 Å². The van der Waals surface area contributed by atoms with Crippen LogP contribution in [0.15, 0.2) is 41.6 Å². The summed E-state index contributed by atoms with van der Waals surface area (Å²) >= 11 is 0. The number of methoxy groups -OCH3 is 1. The first-order chi connectivity index (χ1) is 10.6. The van der Waals surface area contributed by atoms with E-state index in [-0.39, 0.29) is 17.5 Å². The normalized spacial score (nSPS) is 18.0. The van der Waals surface area contributed by atoms with E-state index < -0.39 is 10.0 Å². The van der Waals surface area contributed by atoms with Crippen LogP contribution in [-0.2, 0) is 27.9 Å².